The molecule has 1 saturated carbocycles. The van der Waals surface area contributed by atoms with Crippen LogP contribution in [-0.2, 0) is 20.9 Å². The number of hydrogen-bond acceptors (Lipinski definition) is 4. The molecule has 0 radical (unpaired) electrons. The van der Waals surface area contributed by atoms with Crippen molar-refractivity contribution in [1.82, 2.24) is 4.57 Å². The number of nitrogens with one attached hydrogen (secondary N) is 1. The maximum atomic E-state index is 12.7. The number of benzene rings is 1. The lowest BCUT2D eigenvalue weighted by Crippen LogP contribution is -2.23. The fourth-order valence-corrected chi connectivity index (χ4v) is 4.59. The summed E-state index contributed by atoms with van der Waals surface area (Å²) in [5, 5.41) is 2.81. The van der Waals surface area contributed by atoms with Crippen LogP contribution in [0.15, 0.2) is 23.2 Å². The van der Waals surface area contributed by atoms with E-state index < -0.39 is 0 Å². The Morgan fingerprint density at radius 3 is 2.78 bits per heavy atom. The lowest BCUT2D eigenvalue weighted by molar-refractivity contribution is -0.122. The molecular weight excluding hydrogens is 362 g/mol. The number of ether oxygens (including phenoxy) is 1. The van der Waals surface area contributed by atoms with Crippen molar-refractivity contribution in [2.45, 2.75) is 52.5 Å². The summed E-state index contributed by atoms with van der Waals surface area (Å²) < 4.78 is 8.55. The number of fused-ring (bicyclic) bond motifs is 1. The molecule has 1 aliphatic rings. The molecule has 0 saturated heterocycles. The van der Waals surface area contributed by atoms with Gasteiger partial charge in [0.05, 0.1) is 16.8 Å². The molecule has 2 aromatic rings. The normalized spacial score (nSPS) is 16.0. The number of rotatable bonds is 6. The topological polar surface area (TPSA) is 72.7 Å². The van der Waals surface area contributed by atoms with Crippen LogP contribution in [0, 0.1) is 5.92 Å². The zero-order valence-corrected chi connectivity index (χ0v) is 16.8. The Morgan fingerprint density at radius 1 is 1.30 bits per heavy atom. The van der Waals surface area contributed by atoms with Gasteiger partial charge in [0.1, 0.15) is 0 Å². The van der Waals surface area contributed by atoms with Crippen molar-refractivity contribution < 1.29 is 14.3 Å². The number of amides is 2. The van der Waals surface area contributed by atoms with Crippen molar-refractivity contribution in [1.29, 1.82) is 0 Å². The molecule has 0 bridgehead atoms. The standard InChI is InChI=1S/C20H27N3O3S/c1-3-26-12-11-23-17-10-9-16(21-14(2)24)13-18(17)27-20(23)22-19(25)15-7-5-4-6-8-15/h9-10,13,15H,3-8,11-12H2,1-2H3,(H,21,24). The van der Waals surface area contributed by atoms with Gasteiger partial charge in [-0.25, -0.2) is 0 Å². The van der Waals surface area contributed by atoms with Crippen LogP contribution in [0.2, 0.25) is 0 Å². The molecule has 1 aromatic carbocycles. The van der Waals surface area contributed by atoms with Crippen molar-refractivity contribution in [3.8, 4) is 0 Å². The van der Waals surface area contributed by atoms with Gasteiger partial charge >= 0.3 is 0 Å². The third-order valence-corrected chi connectivity index (χ3v) is 5.87. The molecular formula is C20H27N3O3S. The number of carbonyl (C=O) groups is 2. The molecule has 1 heterocycles. The molecule has 6 nitrogen and oxygen atoms in total. The smallest absolute Gasteiger partial charge is 0.251 e. The van der Waals surface area contributed by atoms with E-state index in [9.17, 15) is 9.59 Å². The minimum absolute atomic E-state index is 0.00602. The Balaban J connectivity index is 1.97. The van der Waals surface area contributed by atoms with Gasteiger partial charge in [-0.15, -0.1) is 0 Å². The Labute approximate surface area is 163 Å². The fraction of sp³-hybridized carbons (Fsp3) is 0.550. The predicted molar refractivity (Wildman–Crippen MR) is 108 cm³/mol. The summed E-state index contributed by atoms with van der Waals surface area (Å²) in [6.07, 6.45) is 5.33. The number of aromatic nitrogens is 1. The van der Waals surface area contributed by atoms with E-state index >= 15 is 0 Å². The van der Waals surface area contributed by atoms with Crippen LogP contribution in [0.3, 0.4) is 0 Å². The molecule has 2 amide bonds. The number of carbonyl (C=O) groups excluding carboxylic acids is 2. The predicted octanol–water partition coefficient (Wildman–Crippen LogP) is 3.71. The van der Waals surface area contributed by atoms with Gasteiger partial charge in [-0.2, -0.15) is 4.99 Å². The van der Waals surface area contributed by atoms with Gasteiger partial charge in [0.15, 0.2) is 4.80 Å². The number of hydrogen-bond donors (Lipinski definition) is 1. The summed E-state index contributed by atoms with van der Waals surface area (Å²) in [4.78, 5) is 29.2. The van der Waals surface area contributed by atoms with Crippen LogP contribution < -0.4 is 10.1 Å². The summed E-state index contributed by atoms with van der Waals surface area (Å²) in [5.41, 5.74) is 1.75. The van der Waals surface area contributed by atoms with Crippen LogP contribution in [-0.4, -0.2) is 29.6 Å². The Bertz CT molecular complexity index is 878. The van der Waals surface area contributed by atoms with E-state index in [2.05, 4.69) is 10.3 Å². The van der Waals surface area contributed by atoms with E-state index in [1.165, 1.54) is 24.7 Å². The summed E-state index contributed by atoms with van der Waals surface area (Å²) in [6, 6.07) is 5.77. The lowest BCUT2D eigenvalue weighted by Gasteiger charge is -2.17. The second-order valence-corrected chi connectivity index (χ2v) is 7.89. The van der Waals surface area contributed by atoms with Gasteiger partial charge in [-0.1, -0.05) is 30.6 Å². The molecule has 1 aliphatic carbocycles. The highest BCUT2D eigenvalue weighted by molar-refractivity contribution is 7.16. The second kappa shape index (κ2) is 9.28. The first-order valence-corrected chi connectivity index (χ1v) is 10.5. The summed E-state index contributed by atoms with van der Waals surface area (Å²) in [5.74, 6) is -0.0553. The SMILES string of the molecule is CCOCCn1c(=NC(=O)C2CCCCC2)sc2cc(NC(C)=O)ccc21. The molecule has 0 atom stereocenters. The van der Waals surface area contributed by atoms with Crippen molar-refractivity contribution >= 4 is 39.1 Å². The number of thiazole rings is 1. The Hall–Kier alpha value is -1.99. The van der Waals surface area contributed by atoms with Gasteiger partial charge in [0, 0.05) is 31.7 Å². The summed E-state index contributed by atoms with van der Waals surface area (Å²) in [7, 11) is 0. The van der Waals surface area contributed by atoms with Crippen molar-refractivity contribution in [2.75, 3.05) is 18.5 Å². The van der Waals surface area contributed by atoms with Gasteiger partial charge in [-0.3, -0.25) is 9.59 Å². The largest absolute Gasteiger partial charge is 0.380 e. The van der Waals surface area contributed by atoms with Gasteiger partial charge in [0.25, 0.3) is 5.91 Å². The maximum Gasteiger partial charge on any atom is 0.251 e. The molecule has 1 N–H and O–H groups in total. The highest BCUT2D eigenvalue weighted by Gasteiger charge is 2.21. The Kier molecular flexibility index (Phi) is 6.79. The molecule has 1 fully saturated rings. The summed E-state index contributed by atoms with van der Waals surface area (Å²) >= 11 is 1.48. The minimum Gasteiger partial charge on any atom is -0.380 e. The van der Waals surface area contributed by atoms with Crippen LogP contribution in [0.5, 0.6) is 0 Å². The zero-order valence-electron chi connectivity index (χ0n) is 16.0. The average Bonchev–Trinajstić information content (AvgIpc) is 2.98. The van der Waals surface area contributed by atoms with Crippen molar-refractivity contribution in [2.24, 2.45) is 10.9 Å². The molecule has 7 heteroatoms. The van der Waals surface area contributed by atoms with Crippen molar-refractivity contribution in [3.63, 3.8) is 0 Å². The lowest BCUT2D eigenvalue weighted by atomic mass is 9.89. The second-order valence-electron chi connectivity index (χ2n) is 6.88. The fourth-order valence-electron chi connectivity index (χ4n) is 3.49. The maximum absolute atomic E-state index is 12.7. The van der Waals surface area contributed by atoms with E-state index in [-0.39, 0.29) is 17.7 Å². The van der Waals surface area contributed by atoms with Crippen molar-refractivity contribution in [3.05, 3.63) is 23.0 Å². The van der Waals surface area contributed by atoms with Gasteiger partial charge in [-0.05, 0) is 38.0 Å². The van der Waals surface area contributed by atoms with E-state index in [1.54, 1.807) is 0 Å². The van der Waals surface area contributed by atoms with Gasteiger partial charge in [0.2, 0.25) is 5.91 Å². The minimum atomic E-state index is -0.104. The third kappa shape index (κ3) is 5.05. The van der Waals surface area contributed by atoms with E-state index in [0.29, 0.717) is 24.6 Å². The molecule has 3 rings (SSSR count). The third-order valence-electron chi connectivity index (χ3n) is 4.83. The monoisotopic (exact) mass is 389 g/mol. The van der Waals surface area contributed by atoms with Crippen LogP contribution >= 0.6 is 11.3 Å². The highest BCUT2D eigenvalue weighted by atomic mass is 32.1. The number of nitrogens with zero attached hydrogens (tertiary/aromatic N) is 2. The molecule has 0 unspecified atom stereocenters. The molecule has 0 aliphatic heterocycles. The van der Waals surface area contributed by atoms with E-state index in [4.69, 9.17) is 4.74 Å². The quantitative estimate of drug-likeness (QED) is 0.766. The highest BCUT2D eigenvalue weighted by Crippen LogP contribution is 2.25. The van der Waals surface area contributed by atoms with Crippen LogP contribution in [0.1, 0.15) is 46.0 Å². The zero-order chi connectivity index (χ0) is 19.2. The average molecular weight is 390 g/mol. The first-order valence-electron chi connectivity index (χ1n) is 9.65. The van der Waals surface area contributed by atoms with Crippen LogP contribution in [0.25, 0.3) is 10.2 Å². The molecule has 146 valence electrons. The molecule has 1 aromatic heterocycles. The van der Waals surface area contributed by atoms with E-state index in [1.807, 2.05) is 29.7 Å². The van der Waals surface area contributed by atoms with Crippen LogP contribution in [0.4, 0.5) is 5.69 Å². The Morgan fingerprint density at radius 2 is 2.07 bits per heavy atom. The van der Waals surface area contributed by atoms with Gasteiger partial charge < -0.3 is 14.6 Å². The molecule has 27 heavy (non-hydrogen) atoms. The number of anilines is 1. The molecule has 0 spiro atoms. The van der Waals surface area contributed by atoms with E-state index in [0.717, 1.165) is 41.6 Å². The summed E-state index contributed by atoms with van der Waals surface area (Å²) in [6.45, 7) is 5.33. The first-order chi connectivity index (χ1) is 13.1. The first kappa shape index (κ1) is 19.8.